The second kappa shape index (κ2) is 5.10. The van der Waals surface area contributed by atoms with Gasteiger partial charge in [0.15, 0.2) is 0 Å². The number of hydrogen-bond donors (Lipinski definition) is 3. The van der Waals surface area contributed by atoms with Crippen LogP contribution in [0.4, 0.5) is 5.69 Å². The highest BCUT2D eigenvalue weighted by molar-refractivity contribution is 6.33. The van der Waals surface area contributed by atoms with Crippen LogP contribution in [0.15, 0.2) is 24.5 Å². The first-order chi connectivity index (χ1) is 8.58. The maximum absolute atomic E-state index is 10.9. The summed E-state index contributed by atoms with van der Waals surface area (Å²) in [6.07, 6.45) is 1.62. The average molecular weight is 266 g/mol. The van der Waals surface area contributed by atoms with Gasteiger partial charge >= 0.3 is 5.97 Å². The zero-order chi connectivity index (χ0) is 13.1. The molecule has 18 heavy (non-hydrogen) atoms. The minimum atomic E-state index is -1.04. The maximum atomic E-state index is 10.9. The van der Waals surface area contributed by atoms with E-state index < -0.39 is 5.97 Å². The number of carboxylic acid groups (broad SMARTS) is 1. The standard InChI is InChI=1S/C12H12ClN3O2/c1-7-11(16-6-15-7)5-14-8-2-3-10(13)9(4-8)12(17)18/h2-4,6,14H,5H2,1H3,(H,15,16)(H,17,18). The lowest BCUT2D eigenvalue weighted by atomic mass is 10.2. The molecule has 0 spiro atoms. The summed E-state index contributed by atoms with van der Waals surface area (Å²) in [6, 6.07) is 4.80. The molecular formula is C12H12ClN3O2. The SMILES string of the molecule is Cc1[nH]cnc1CNc1ccc(Cl)c(C(=O)O)c1. The molecule has 1 aromatic heterocycles. The molecule has 5 nitrogen and oxygen atoms in total. The van der Waals surface area contributed by atoms with Gasteiger partial charge in [-0.1, -0.05) is 11.6 Å². The van der Waals surface area contributed by atoms with E-state index in [9.17, 15) is 4.79 Å². The minimum Gasteiger partial charge on any atom is -0.478 e. The van der Waals surface area contributed by atoms with Gasteiger partial charge in [0.1, 0.15) is 0 Å². The number of hydrogen-bond acceptors (Lipinski definition) is 3. The molecule has 94 valence electrons. The van der Waals surface area contributed by atoms with Crippen molar-refractivity contribution < 1.29 is 9.90 Å². The number of rotatable bonds is 4. The zero-order valence-electron chi connectivity index (χ0n) is 9.70. The van der Waals surface area contributed by atoms with E-state index in [2.05, 4.69) is 15.3 Å². The Labute approximate surface area is 109 Å². The number of H-pyrrole nitrogens is 1. The number of anilines is 1. The number of halogens is 1. The van der Waals surface area contributed by atoms with Gasteiger partial charge in [-0.15, -0.1) is 0 Å². The highest BCUT2D eigenvalue weighted by Crippen LogP contribution is 2.21. The van der Waals surface area contributed by atoms with Crippen LogP contribution in [0.3, 0.4) is 0 Å². The summed E-state index contributed by atoms with van der Waals surface area (Å²) in [5, 5.41) is 12.3. The Morgan fingerprint density at radius 3 is 2.94 bits per heavy atom. The molecule has 6 heteroatoms. The van der Waals surface area contributed by atoms with Crippen molar-refractivity contribution in [3.8, 4) is 0 Å². The van der Waals surface area contributed by atoms with Crippen molar-refractivity contribution in [3.63, 3.8) is 0 Å². The molecule has 2 rings (SSSR count). The molecule has 0 aliphatic heterocycles. The fourth-order valence-corrected chi connectivity index (χ4v) is 1.75. The van der Waals surface area contributed by atoms with Gasteiger partial charge in [-0.05, 0) is 25.1 Å². The molecule has 0 saturated heterocycles. The first-order valence-corrected chi connectivity index (χ1v) is 5.71. The Kier molecular flexibility index (Phi) is 3.53. The fourth-order valence-electron chi connectivity index (χ4n) is 1.55. The van der Waals surface area contributed by atoms with Gasteiger partial charge in [0.05, 0.1) is 29.2 Å². The molecule has 0 aliphatic carbocycles. The molecule has 0 atom stereocenters. The lowest BCUT2D eigenvalue weighted by molar-refractivity contribution is 0.0697. The van der Waals surface area contributed by atoms with Gasteiger partial charge in [0.25, 0.3) is 0 Å². The third kappa shape index (κ3) is 2.62. The van der Waals surface area contributed by atoms with E-state index >= 15 is 0 Å². The predicted molar refractivity (Wildman–Crippen MR) is 69.1 cm³/mol. The van der Waals surface area contributed by atoms with Crippen molar-refractivity contribution in [3.05, 3.63) is 46.5 Å². The van der Waals surface area contributed by atoms with E-state index in [1.807, 2.05) is 6.92 Å². The largest absolute Gasteiger partial charge is 0.478 e. The van der Waals surface area contributed by atoms with E-state index in [0.717, 1.165) is 11.4 Å². The summed E-state index contributed by atoms with van der Waals surface area (Å²) >= 11 is 5.79. The summed E-state index contributed by atoms with van der Waals surface area (Å²) in [5.74, 6) is -1.04. The highest BCUT2D eigenvalue weighted by Gasteiger charge is 2.09. The molecule has 2 aromatic rings. The van der Waals surface area contributed by atoms with Crippen LogP contribution in [0.1, 0.15) is 21.7 Å². The Hall–Kier alpha value is -2.01. The Morgan fingerprint density at radius 1 is 1.56 bits per heavy atom. The molecule has 0 saturated carbocycles. The monoisotopic (exact) mass is 265 g/mol. The van der Waals surface area contributed by atoms with Gasteiger partial charge in [-0.3, -0.25) is 0 Å². The van der Waals surface area contributed by atoms with Crippen LogP contribution in [-0.2, 0) is 6.54 Å². The third-order valence-electron chi connectivity index (χ3n) is 2.59. The van der Waals surface area contributed by atoms with Crippen LogP contribution < -0.4 is 5.32 Å². The van der Waals surface area contributed by atoms with Crippen LogP contribution in [0.2, 0.25) is 5.02 Å². The average Bonchev–Trinajstić information content (AvgIpc) is 2.73. The molecule has 0 amide bonds. The number of nitrogens with zero attached hydrogens (tertiary/aromatic N) is 1. The molecular weight excluding hydrogens is 254 g/mol. The van der Waals surface area contributed by atoms with Crippen LogP contribution in [-0.4, -0.2) is 21.0 Å². The van der Waals surface area contributed by atoms with Gasteiger partial charge in [-0.25, -0.2) is 9.78 Å². The molecule has 0 aliphatic rings. The van der Waals surface area contributed by atoms with Crippen LogP contribution in [0.5, 0.6) is 0 Å². The predicted octanol–water partition coefficient (Wildman–Crippen LogP) is 2.68. The maximum Gasteiger partial charge on any atom is 0.337 e. The Bertz CT molecular complexity index is 580. The molecule has 0 bridgehead atoms. The lowest BCUT2D eigenvalue weighted by Crippen LogP contribution is -2.04. The third-order valence-corrected chi connectivity index (χ3v) is 2.92. The number of carboxylic acids is 1. The summed E-state index contributed by atoms with van der Waals surface area (Å²) in [5.41, 5.74) is 2.65. The summed E-state index contributed by atoms with van der Waals surface area (Å²) in [6.45, 7) is 2.45. The second-order valence-corrected chi connectivity index (χ2v) is 4.23. The quantitative estimate of drug-likeness (QED) is 0.794. The molecule has 0 radical (unpaired) electrons. The Morgan fingerprint density at radius 2 is 2.33 bits per heavy atom. The van der Waals surface area contributed by atoms with Gasteiger partial charge in [0.2, 0.25) is 0 Å². The van der Waals surface area contributed by atoms with Crippen molar-refractivity contribution in [2.75, 3.05) is 5.32 Å². The Balaban J connectivity index is 2.13. The second-order valence-electron chi connectivity index (χ2n) is 3.83. The lowest BCUT2D eigenvalue weighted by Gasteiger charge is -2.07. The normalized spacial score (nSPS) is 10.3. The number of benzene rings is 1. The van der Waals surface area contributed by atoms with Gasteiger partial charge in [0, 0.05) is 11.4 Å². The first kappa shape index (κ1) is 12.4. The number of aromatic carboxylic acids is 1. The molecule has 0 fully saturated rings. The van der Waals surface area contributed by atoms with E-state index in [0.29, 0.717) is 12.2 Å². The smallest absolute Gasteiger partial charge is 0.337 e. The first-order valence-electron chi connectivity index (χ1n) is 5.33. The molecule has 0 unspecified atom stereocenters. The van der Waals surface area contributed by atoms with Crippen molar-refractivity contribution in [1.29, 1.82) is 0 Å². The number of imidazole rings is 1. The number of carbonyl (C=O) groups is 1. The van der Waals surface area contributed by atoms with Gasteiger partial charge < -0.3 is 15.4 Å². The van der Waals surface area contributed by atoms with E-state index in [1.165, 1.54) is 6.07 Å². The molecule has 3 N–H and O–H groups in total. The van der Waals surface area contributed by atoms with Crippen LogP contribution in [0.25, 0.3) is 0 Å². The molecule has 1 aromatic carbocycles. The number of aromatic amines is 1. The van der Waals surface area contributed by atoms with Crippen molar-refractivity contribution >= 4 is 23.3 Å². The number of aromatic nitrogens is 2. The minimum absolute atomic E-state index is 0.0837. The van der Waals surface area contributed by atoms with Crippen molar-refractivity contribution in [2.24, 2.45) is 0 Å². The van der Waals surface area contributed by atoms with Crippen molar-refractivity contribution in [2.45, 2.75) is 13.5 Å². The van der Waals surface area contributed by atoms with Crippen LogP contribution in [0, 0.1) is 6.92 Å². The van der Waals surface area contributed by atoms with E-state index in [4.69, 9.17) is 16.7 Å². The van der Waals surface area contributed by atoms with Crippen molar-refractivity contribution in [1.82, 2.24) is 9.97 Å². The number of aryl methyl sites for hydroxylation is 1. The number of nitrogens with one attached hydrogen (secondary N) is 2. The zero-order valence-corrected chi connectivity index (χ0v) is 10.5. The fraction of sp³-hybridized carbons (Fsp3) is 0.167. The van der Waals surface area contributed by atoms with Crippen LogP contribution >= 0.6 is 11.6 Å². The van der Waals surface area contributed by atoms with E-state index in [-0.39, 0.29) is 10.6 Å². The molecule has 1 heterocycles. The highest BCUT2D eigenvalue weighted by atomic mass is 35.5. The topological polar surface area (TPSA) is 78.0 Å². The summed E-state index contributed by atoms with van der Waals surface area (Å²) < 4.78 is 0. The summed E-state index contributed by atoms with van der Waals surface area (Å²) in [4.78, 5) is 18.1. The van der Waals surface area contributed by atoms with E-state index in [1.54, 1.807) is 18.5 Å². The summed E-state index contributed by atoms with van der Waals surface area (Å²) in [7, 11) is 0. The van der Waals surface area contributed by atoms with Gasteiger partial charge in [-0.2, -0.15) is 0 Å².